The van der Waals surface area contributed by atoms with Crippen molar-refractivity contribution in [3.05, 3.63) is 0 Å². The van der Waals surface area contributed by atoms with E-state index in [1.807, 2.05) is 0 Å². The van der Waals surface area contributed by atoms with Gasteiger partial charge in [-0.05, 0) is 0 Å². The Morgan fingerprint density at radius 3 is 1.53 bits per heavy atom. The molecule has 1 unspecified atom stereocenters. The van der Waals surface area contributed by atoms with Crippen LogP contribution in [0.15, 0.2) is 0 Å². The van der Waals surface area contributed by atoms with Crippen LogP contribution < -0.4 is 35.3 Å². The quantitative estimate of drug-likeness (QED) is 0.302. The maximum atomic E-state index is 9.72. The maximum absolute atomic E-state index is 9.72. The molecule has 0 saturated carbocycles. The molecular formula is C6H12NNaO7. The van der Waals surface area contributed by atoms with Crippen molar-refractivity contribution < 1.29 is 65.8 Å². The standard InChI is InChI=1S/C4H6O5.C2H5NO2.Na.H/c5-2(4(8)9)1-3(6)7;3-1-2(4)5;;/h2,5H,1H2,(H,6,7)(H,8,9);1,3H2,(H,4,5);;/q;;+1;-1. The molecule has 0 aromatic carbocycles. The number of aliphatic hydroxyl groups excluding tert-OH is 1. The predicted octanol–water partition coefficient (Wildman–Crippen LogP) is -4.95. The minimum Gasteiger partial charge on any atom is -1.00 e. The summed E-state index contributed by atoms with van der Waals surface area (Å²) in [5.41, 5.74) is 4.57. The van der Waals surface area contributed by atoms with E-state index >= 15 is 0 Å². The Morgan fingerprint density at radius 2 is 1.47 bits per heavy atom. The van der Waals surface area contributed by atoms with Crippen LogP contribution in [0.4, 0.5) is 0 Å². The Bertz CT molecular complexity index is 225. The Morgan fingerprint density at radius 1 is 1.13 bits per heavy atom. The van der Waals surface area contributed by atoms with Crippen LogP contribution in [-0.4, -0.2) is 51.0 Å². The van der Waals surface area contributed by atoms with E-state index in [2.05, 4.69) is 5.73 Å². The van der Waals surface area contributed by atoms with E-state index in [1.165, 1.54) is 0 Å². The van der Waals surface area contributed by atoms with E-state index in [-0.39, 0.29) is 37.5 Å². The van der Waals surface area contributed by atoms with Crippen molar-refractivity contribution in [2.24, 2.45) is 5.73 Å². The van der Waals surface area contributed by atoms with Gasteiger partial charge in [0.1, 0.15) is 0 Å². The second-order valence-electron chi connectivity index (χ2n) is 2.05. The van der Waals surface area contributed by atoms with Crippen LogP contribution in [0.1, 0.15) is 7.85 Å². The van der Waals surface area contributed by atoms with Crippen LogP contribution in [0.5, 0.6) is 0 Å². The molecule has 0 saturated heterocycles. The van der Waals surface area contributed by atoms with Crippen molar-refractivity contribution in [1.29, 1.82) is 0 Å². The number of carboxylic acid groups (broad SMARTS) is 3. The Labute approximate surface area is 108 Å². The van der Waals surface area contributed by atoms with Gasteiger partial charge >= 0.3 is 47.5 Å². The number of hydrogen-bond donors (Lipinski definition) is 5. The van der Waals surface area contributed by atoms with Gasteiger partial charge in [-0.25, -0.2) is 4.79 Å². The molecule has 0 rings (SSSR count). The average Bonchev–Trinajstić information content (AvgIpc) is 2.04. The third-order valence-electron chi connectivity index (χ3n) is 0.828. The summed E-state index contributed by atoms with van der Waals surface area (Å²) in [4.78, 5) is 28.7. The topological polar surface area (TPSA) is 158 Å². The normalized spacial score (nSPS) is 10.0. The molecule has 0 radical (unpaired) electrons. The van der Waals surface area contributed by atoms with Gasteiger partial charge < -0.3 is 27.6 Å². The molecular weight excluding hydrogens is 221 g/mol. The zero-order chi connectivity index (χ0) is 11.7. The summed E-state index contributed by atoms with van der Waals surface area (Å²) in [5.74, 6) is -3.81. The Kier molecular flexibility index (Phi) is 15.1. The van der Waals surface area contributed by atoms with Crippen LogP contribution in [-0.2, 0) is 14.4 Å². The third kappa shape index (κ3) is 19.7. The summed E-state index contributed by atoms with van der Waals surface area (Å²) >= 11 is 0. The van der Waals surface area contributed by atoms with E-state index in [1.54, 1.807) is 0 Å². The summed E-state index contributed by atoms with van der Waals surface area (Å²) < 4.78 is 0. The number of aliphatic hydroxyl groups is 1. The molecule has 0 amide bonds. The smallest absolute Gasteiger partial charge is 1.00 e. The fourth-order valence-corrected chi connectivity index (χ4v) is 0.253. The van der Waals surface area contributed by atoms with Gasteiger partial charge in [0.15, 0.2) is 6.10 Å². The zero-order valence-electron chi connectivity index (χ0n) is 9.08. The van der Waals surface area contributed by atoms with Crippen molar-refractivity contribution in [2.75, 3.05) is 6.54 Å². The van der Waals surface area contributed by atoms with Gasteiger partial charge in [-0.2, -0.15) is 0 Å². The zero-order valence-corrected chi connectivity index (χ0v) is 10.1. The number of carboxylic acids is 3. The number of nitrogens with two attached hydrogens (primary N) is 1. The van der Waals surface area contributed by atoms with Crippen LogP contribution in [0.3, 0.4) is 0 Å². The number of carbonyl (C=O) groups is 3. The molecule has 84 valence electrons. The minimum absolute atomic E-state index is 0. The molecule has 0 aromatic heterocycles. The van der Waals surface area contributed by atoms with Gasteiger partial charge in [0.05, 0.1) is 13.0 Å². The summed E-state index contributed by atoms with van der Waals surface area (Å²) in [7, 11) is 0. The molecule has 0 aliphatic rings. The molecule has 0 heterocycles. The van der Waals surface area contributed by atoms with Crippen LogP contribution in [0.25, 0.3) is 0 Å². The fourth-order valence-electron chi connectivity index (χ4n) is 0.253. The number of rotatable bonds is 4. The van der Waals surface area contributed by atoms with Gasteiger partial charge in [0.2, 0.25) is 0 Å². The average molecular weight is 233 g/mol. The van der Waals surface area contributed by atoms with Crippen molar-refractivity contribution in [1.82, 2.24) is 0 Å². The first-order valence-corrected chi connectivity index (χ1v) is 3.35. The summed E-state index contributed by atoms with van der Waals surface area (Å²) in [5, 5.41) is 31.7. The monoisotopic (exact) mass is 233 g/mol. The van der Waals surface area contributed by atoms with Crippen molar-refractivity contribution in [3.63, 3.8) is 0 Å². The molecule has 8 nitrogen and oxygen atoms in total. The maximum Gasteiger partial charge on any atom is 1.00 e. The second kappa shape index (κ2) is 11.4. The summed E-state index contributed by atoms with van der Waals surface area (Å²) in [6.45, 7) is -0.278. The molecule has 9 heteroatoms. The van der Waals surface area contributed by atoms with Crippen LogP contribution in [0.2, 0.25) is 0 Å². The molecule has 0 bridgehead atoms. The van der Waals surface area contributed by atoms with Crippen molar-refractivity contribution >= 4 is 17.9 Å². The first-order chi connectivity index (χ1) is 6.31. The second-order valence-corrected chi connectivity index (χ2v) is 2.05. The van der Waals surface area contributed by atoms with Gasteiger partial charge in [-0.1, -0.05) is 0 Å². The SMILES string of the molecule is NCC(=O)O.O=C(O)CC(O)C(=O)O.[H-].[Na+]. The van der Waals surface area contributed by atoms with Crippen molar-refractivity contribution in [3.8, 4) is 0 Å². The van der Waals surface area contributed by atoms with E-state index in [0.717, 1.165) is 0 Å². The molecule has 0 fully saturated rings. The third-order valence-corrected chi connectivity index (χ3v) is 0.828. The van der Waals surface area contributed by atoms with E-state index in [9.17, 15) is 14.4 Å². The van der Waals surface area contributed by atoms with Gasteiger partial charge in [0, 0.05) is 0 Å². The first kappa shape index (κ1) is 19.8. The predicted molar refractivity (Wildman–Crippen MR) is 43.7 cm³/mol. The fraction of sp³-hybridized carbons (Fsp3) is 0.500. The van der Waals surface area contributed by atoms with Gasteiger partial charge in [0.25, 0.3) is 0 Å². The molecule has 15 heavy (non-hydrogen) atoms. The molecule has 0 aliphatic carbocycles. The van der Waals surface area contributed by atoms with Crippen molar-refractivity contribution in [2.45, 2.75) is 12.5 Å². The first-order valence-electron chi connectivity index (χ1n) is 3.35. The summed E-state index contributed by atoms with van der Waals surface area (Å²) in [6, 6.07) is 0. The van der Waals surface area contributed by atoms with Gasteiger partial charge in [-0.3, -0.25) is 9.59 Å². The van der Waals surface area contributed by atoms with E-state index in [4.69, 9.17) is 20.4 Å². The Balaban J connectivity index is -0.0000000904. The van der Waals surface area contributed by atoms with E-state index in [0.29, 0.717) is 0 Å². The Hall–Kier alpha value is -0.670. The molecule has 0 aromatic rings. The largest absolute Gasteiger partial charge is 1.00 e. The van der Waals surface area contributed by atoms with Gasteiger partial charge in [-0.15, -0.1) is 0 Å². The molecule has 0 spiro atoms. The number of aliphatic carboxylic acids is 3. The molecule has 1 atom stereocenters. The van der Waals surface area contributed by atoms with E-state index < -0.39 is 30.4 Å². The molecule has 0 aliphatic heterocycles. The van der Waals surface area contributed by atoms with Crippen LogP contribution >= 0.6 is 0 Å². The minimum atomic E-state index is -1.79. The number of hydrogen-bond acceptors (Lipinski definition) is 5. The summed E-state index contributed by atoms with van der Waals surface area (Å²) in [6.07, 6.45) is -2.54. The van der Waals surface area contributed by atoms with Crippen LogP contribution in [0, 0.1) is 0 Å². The molecule has 6 N–H and O–H groups in total.